The van der Waals surface area contributed by atoms with E-state index in [1.54, 1.807) is 19.1 Å². The van der Waals surface area contributed by atoms with E-state index < -0.39 is 15.8 Å². The standard InChI is InChI=1S/C13H14FN3O2S/c1-2-16-20(18,19)12-8-5-9-15-13(12)17-11-7-4-3-6-10(11)14/h3-9,16H,2H2,1H3,(H,15,17). The molecular weight excluding hydrogens is 281 g/mol. The van der Waals surface area contributed by atoms with Gasteiger partial charge in [0.25, 0.3) is 0 Å². The first kappa shape index (κ1) is 14.4. The molecule has 0 aliphatic carbocycles. The Balaban J connectivity index is 2.42. The van der Waals surface area contributed by atoms with Crippen molar-refractivity contribution in [3.8, 4) is 0 Å². The van der Waals surface area contributed by atoms with Gasteiger partial charge in [0.2, 0.25) is 10.0 Å². The third-order valence-electron chi connectivity index (χ3n) is 2.52. The average Bonchev–Trinajstić information content (AvgIpc) is 2.42. The zero-order valence-electron chi connectivity index (χ0n) is 10.8. The van der Waals surface area contributed by atoms with Crippen LogP contribution in [0.4, 0.5) is 15.9 Å². The van der Waals surface area contributed by atoms with E-state index >= 15 is 0 Å². The van der Waals surface area contributed by atoms with Crippen molar-refractivity contribution in [2.75, 3.05) is 11.9 Å². The van der Waals surface area contributed by atoms with Gasteiger partial charge < -0.3 is 5.32 Å². The summed E-state index contributed by atoms with van der Waals surface area (Å²) in [4.78, 5) is 3.94. The molecule has 106 valence electrons. The minimum Gasteiger partial charge on any atom is -0.337 e. The predicted molar refractivity (Wildman–Crippen MR) is 74.8 cm³/mol. The van der Waals surface area contributed by atoms with Crippen LogP contribution in [-0.2, 0) is 10.0 Å². The maximum absolute atomic E-state index is 13.6. The number of rotatable bonds is 5. The van der Waals surface area contributed by atoms with Gasteiger partial charge in [-0.3, -0.25) is 0 Å². The topological polar surface area (TPSA) is 71.1 Å². The van der Waals surface area contributed by atoms with Crippen LogP contribution in [0, 0.1) is 5.82 Å². The Morgan fingerprint density at radius 3 is 2.65 bits per heavy atom. The minimum atomic E-state index is -3.67. The van der Waals surface area contributed by atoms with Crippen molar-refractivity contribution in [2.45, 2.75) is 11.8 Å². The molecule has 7 heteroatoms. The predicted octanol–water partition coefficient (Wildman–Crippen LogP) is 2.26. The molecule has 2 N–H and O–H groups in total. The van der Waals surface area contributed by atoms with Crippen molar-refractivity contribution < 1.29 is 12.8 Å². The second-order valence-electron chi connectivity index (χ2n) is 3.96. The number of para-hydroxylation sites is 1. The fourth-order valence-corrected chi connectivity index (χ4v) is 2.81. The molecule has 1 heterocycles. The molecule has 2 aromatic rings. The molecule has 0 spiro atoms. The number of nitrogens with one attached hydrogen (secondary N) is 2. The maximum Gasteiger partial charge on any atom is 0.244 e. The molecule has 1 aromatic heterocycles. The molecule has 0 radical (unpaired) electrons. The number of sulfonamides is 1. The van der Waals surface area contributed by atoms with Crippen LogP contribution in [0.25, 0.3) is 0 Å². The van der Waals surface area contributed by atoms with Crippen molar-refractivity contribution in [1.29, 1.82) is 0 Å². The Kier molecular flexibility index (Phi) is 4.31. The Morgan fingerprint density at radius 1 is 1.20 bits per heavy atom. The van der Waals surface area contributed by atoms with E-state index in [-0.39, 0.29) is 22.9 Å². The molecule has 0 saturated carbocycles. The zero-order chi connectivity index (χ0) is 14.6. The van der Waals surface area contributed by atoms with Crippen molar-refractivity contribution in [2.24, 2.45) is 0 Å². The number of hydrogen-bond donors (Lipinski definition) is 2. The van der Waals surface area contributed by atoms with E-state index in [1.807, 2.05) is 0 Å². The summed E-state index contributed by atoms with van der Waals surface area (Å²) in [5.74, 6) is -0.400. The molecule has 5 nitrogen and oxygen atoms in total. The van der Waals surface area contributed by atoms with E-state index in [1.165, 1.54) is 30.5 Å². The van der Waals surface area contributed by atoms with Crippen molar-refractivity contribution >= 4 is 21.5 Å². The number of nitrogens with zero attached hydrogens (tertiary/aromatic N) is 1. The molecule has 0 amide bonds. The second kappa shape index (κ2) is 5.98. The summed E-state index contributed by atoms with van der Waals surface area (Å²) in [7, 11) is -3.67. The Bertz CT molecular complexity index is 704. The van der Waals surface area contributed by atoms with Gasteiger partial charge in [0.15, 0.2) is 5.82 Å². The number of aromatic nitrogens is 1. The Labute approximate surface area is 116 Å². The average molecular weight is 295 g/mol. The van der Waals surface area contributed by atoms with Crippen LogP contribution < -0.4 is 10.0 Å². The molecule has 0 unspecified atom stereocenters. The summed E-state index contributed by atoms with van der Waals surface area (Å²) in [5.41, 5.74) is 0.166. The largest absolute Gasteiger partial charge is 0.337 e. The number of benzene rings is 1. The highest BCUT2D eigenvalue weighted by Crippen LogP contribution is 2.23. The van der Waals surface area contributed by atoms with Gasteiger partial charge in [-0.25, -0.2) is 22.5 Å². The van der Waals surface area contributed by atoms with Crippen LogP contribution in [0.2, 0.25) is 0 Å². The Morgan fingerprint density at radius 2 is 1.95 bits per heavy atom. The number of anilines is 2. The van der Waals surface area contributed by atoms with Gasteiger partial charge in [0.1, 0.15) is 10.7 Å². The van der Waals surface area contributed by atoms with Crippen LogP contribution in [0.15, 0.2) is 47.5 Å². The smallest absolute Gasteiger partial charge is 0.244 e. The lowest BCUT2D eigenvalue weighted by Gasteiger charge is -2.11. The lowest BCUT2D eigenvalue weighted by molar-refractivity contribution is 0.584. The van der Waals surface area contributed by atoms with E-state index in [2.05, 4.69) is 15.0 Å². The zero-order valence-corrected chi connectivity index (χ0v) is 11.6. The first-order chi connectivity index (χ1) is 9.54. The lowest BCUT2D eigenvalue weighted by atomic mass is 10.3. The molecule has 0 aliphatic heterocycles. The summed E-state index contributed by atoms with van der Waals surface area (Å²) in [6.07, 6.45) is 1.44. The van der Waals surface area contributed by atoms with Gasteiger partial charge >= 0.3 is 0 Å². The molecule has 1 aromatic carbocycles. The molecule has 20 heavy (non-hydrogen) atoms. The van der Waals surface area contributed by atoms with Crippen LogP contribution in [0.3, 0.4) is 0 Å². The highest BCUT2D eigenvalue weighted by molar-refractivity contribution is 7.89. The van der Waals surface area contributed by atoms with Gasteiger partial charge in [-0.1, -0.05) is 19.1 Å². The summed E-state index contributed by atoms with van der Waals surface area (Å²) >= 11 is 0. The van der Waals surface area contributed by atoms with Crippen LogP contribution in [0.5, 0.6) is 0 Å². The third-order valence-corrected chi connectivity index (χ3v) is 4.10. The van der Waals surface area contributed by atoms with Crippen molar-refractivity contribution in [3.63, 3.8) is 0 Å². The molecular formula is C13H14FN3O2S. The molecule has 0 atom stereocenters. The fourth-order valence-electron chi connectivity index (χ4n) is 1.66. The van der Waals surface area contributed by atoms with Gasteiger partial charge in [-0.15, -0.1) is 0 Å². The van der Waals surface area contributed by atoms with Crippen molar-refractivity contribution in [1.82, 2.24) is 9.71 Å². The Hall–Kier alpha value is -1.99. The third kappa shape index (κ3) is 3.12. The maximum atomic E-state index is 13.6. The monoisotopic (exact) mass is 295 g/mol. The fraction of sp³-hybridized carbons (Fsp3) is 0.154. The molecule has 2 rings (SSSR count). The summed E-state index contributed by atoms with van der Waals surface area (Å²) < 4.78 is 40.1. The van der Waals surface area contributed by atoms with E-state index in [0.29, 0.717) is 0 Å². The van der Waals surface area contributed by atoms with Crippen molar-refractivity contribution in [3.05, 3.63) is 48.4 Å². The van der Waals surface area contributed by atoms with Gasteiger partial charge in [0, 0.05) is 12.7 Å². The molecule has 0 aliphatic rings. The lowest BCUT2D eigenvalue weighted by Crippen LogP contribution is -2.24. The van der Waals surface area contributed by atoms with Crippen LogP contribution >= 0.6 is 0 Å². The second-order valence-corrected chi connectivity index (χ2v) is 5.69. The number of pyridine rings is 1. The first-order valence-corrected chi connectivity index (χ1v) is 7.49. The molecule has 0 saturated heterocycles. The van der Waals surface area contributed by atoms with Gasteiger partial charge in [-0.05, 0) is 24.3 Å². The summed E-state index contributed by atoms with van der Waals surface area (Å²) in [6.45, 7) is 1.94. The van der Waals surface area contributed by atoms with E-state index in [0.717, 1.165) is 0 Å². The minimum absolute atomic E-state index is 0.0231. The number of hydrogen-bond acceptors (Lipinski definition) is 4. The summed E-state index contributed by atoms with van der Waals surface area (Å²) in [6, 6.07) is 8.91. The molecule has 0 bridgehead atoms. The number of halogens is 1. The quantitative estimate of drug-likeness (QED) is 0.887. The molecule has 0 fully saturated rings. The van der Waals surface area contributed by atoms with Gasteiger partial charge in [0.05, 0.1) is 5.69 Å². The normalized spacial score (nSPS) is 11.3. The first-order valence-electron chi connectivity index (χ1n) is 6.01. The highest BCUT2D eigenvalue weighted by atomic mass is 32.2. The van der Waals surface area contributed by atoms with Crippen LogP contribution in [-0.4, -0.2) is 19.9 Å². The summed E-state index contributed by atoms with van der Waals surface area (Å²) in [5, 5.41) is 2.70. The van der Waals surface area contributed by atoms with E-state index in [4.69, 9.17) is 0 Å². The highest BCUT2D eigenvalue weighted by Gasteiger charge is 2.18. The van der Waals surface area contributed by atoms with Crippen LogP contribution in [0.1, 0.15) is 6.92 Å². The van der Waals surface area contributed by atoms with E-state index in [9.17, 15) is 12.8 Å². The van der Waals surface area contributed by atoms with Gasteiger partial charge in [-0.2, -0.15) is 0 Å². The SMILES string of the molecule is CCNS(=O)(=O)c1cccnc1Nc1ccccc1F.